The number of likely N-dealkylation sites (tertiary alicyclic amines) is 1. The van der Waals surface area contributed by atoms with Crippen molar-refractivity contribution in [2.75, 3.05) is 25.1 Å². The number of nitrogens with zero attached hydrogens (tertiary/aromatic N) is 3. The molecule has 1 fully saturated rings. The molecular weight excluding hydrogens is 262 g/mol. The molecule has 1 atom stereocenters. The Hall–Kier alpha value is -0.880. The normalized spacial score (nSPS) is 21.1. The van der Waals surface area contributed by atoms with E-state index >= 15 is 0 Å². The Bertz CT molecular complexity index is 510. The van der Waals surface area contributed by atoms with Crippen LogP contribution in [0, 0.1) is 6.92 Å². The second-order valence-corrected chi connectivity index (χ2v) is 7.81. The fourth-order valence-corrected chi connectivity index (χ4v) is 3.36. The van der Waals surface area contributed by atoms with Crippen molar-refractivity contribution in [1.29, 1.82) is 0 Å². The molecule has 2 rings (SSSR count). The van der Waals surface area contributed by atoms with Gasteiger partial charge >= 0.3 is 0 Å². The molecule has 1 aromatic heterocycles. The minimum absolute atomic E-state index is 0.289. The van der Waals surface area contributed by atoms with E-state index in [1.165, 1.54) is 24.7 Å². The predicted molar refractivity (Wildman–Crippen MR) is 75.9 cm³/mol. The first-order valence-corrected chi connectivity index (χ1v) is 8.91. The lowest BCUT2D eigenvalue weighted by atomic mass is 10.2. The summed E-state index contributed by atoms with van der Waals surface area (Å²) in [6.07, 6.45) is 8.35. The second-order valence-electron chi connectivity index (χ2n) is 5.56. The summed E-state index contributed by atoms with van der Waals surface area (Å²) in [5, 5.41) is 4.33. The third kappa shape index (κ3) is 4.62. The van der Waals surface area contributed by atoms with Crippen molar-refractivity contribution in [2.45, 2.75) is 38.8 Å². The molecule has 0 bridgehead atoms. The van der Waals surface area contributed by atoms with Crippen molar-refractivity contribution in [1.82, 2.24) is 14.7 Å². The highest BCUT2D eigenvalue weighted by Crippen LogP contribution is 2.19. The van der Waals surface area contributed by atoms with Crippen molar-refractivity contribution >= 4 is 9.84 Å². The quantitative estimate of drug-likeness (QED) is 0.785. The minimum Gasteiger partial charge on any atom is -0.299 e. The standard InChI is InChI=1S/C13H23N3O2S/c1-12-9-14-16(10-12)11-13-5-3-6-15(13)7-4-8-19(2,17)18/h9-10,13H,3-8,11H2,1-2H3/t13-/m1/s1. The average Bonchev–Trinajstić information content (AvgIpc) is 2.88. The molecule has 0 saturated carbocycles. The van der Waals surface area contributed by atoms with Crippen LogP contribution in [-0.4, -0.2) is 54.2 Å². The molecule has 0 aliphatic carbocycles. The van der Waals surface area contributed by atoms with E-state index in [4.69, 9.17) is 0 Å². The molecule has 0 aromatic carbocycles. The van der Waals surface area contributed by atoms with E-state index in [0.29, 0.717) is 6.04 Å². The van der Waals surface area contributed by atoms with Gasteiger partial charge in [-0.25, -0.2) is 8.42 Å². The van der Waals surface area contributed by atoms with Crippen molar-refractivity contribution in [3.05, 3.63) is 18.0 Å². The summed E-state index contributed by atoms with van der Waals surface area (Å²) >= 11 is 0. The minimum atomic E-state index is -2.83. The highest BCUT2D eigenvalue weighted by atomic mass is 32.2. The zero-order valence-electron chi connectivity index (χ0n) is 11.7. The fourth-order valence-electron chi connectivity index (χ4n) is 2.71. The molecule has 1 aliphatic rings. The molecule has 0 spiro atoms. The first kappa shape index (κ1) is 14.5. The van der Waals surface area contributed by atoms with Crippen LogP contribution in [0.25, 0.3) is 0 Å². The van der Waals surface area contributed by atoms with Crippen molar-refractivity contribution in [2.24, 2.45) is 0 Å². The largest absolute Gasteiger partial charge is 0.299 e. The van der Waals surface area contributed by atoms with E-state index in [-0.39, 0.29) is 5.75 Å². The maximum absolute atomic E-state index is 11.1. The summed E-state index contributed by atoms with van der Waals surface area (Å²) in [6, 6.07) is 0.499. The number of aromatic nitrogens is 2. The summed E-state index contributed by atoms with van der Waals surface area (Å²) in [6.45, 7) is 4.90. The molecule has 1 aromatic rings. The molecule has 0 N–H and O–H groups in total. The lowest BCUT2D eigenvalue weighted by molar-refractivity contribution is 0.228. The molecule has 5 nitrogen and oxygen atoms in total. The first-order valence-electron chi connectivity index (χ1n) is 6.85. The summed E-state index contributed by atoms with van der Waals surface area (Å²) in [7, 11) is -2.83. The van der Waals surface area contributed by atoms with Gasteiger partial charge in [-0.15, -0.1) is 0 Å². The maximum Gasteiger partial charge on any atom is 0.147 e. The van der Waals surface area contributed by atoms with Crippen molar-refractivity contribution < 1.29 is 8.42 Å². The van der Waals surface area contributed by atoms with Crippen LogP contribution >= 0.6 is 0 Å². The van der Waals surface area contributed by atoms with E-state index in [0.717, 1.165) is 26.1 Å². The van der Waals surface area contributed by atoms with Crippen LogP contribution in [-0.2, 0) is 16.4 Å². The lowest BCUT2D eigenvalue weighted by Gasteiger charge is -2.24. The molecule has 0 unspecified atom stereocenters. The van der Waals surface area contributed by atoms with Gasteiger partial charge in [0.1, 0.15) is 9.84 Å². The smallest absolute Gasteiger partial charge is 0.147 e. The van der Waals surface area contributed by atoms with Gasteiger partial charge in [-0.2, -0.15) is 5.10 Å². The molecule has 1 aliphatic heterocycles. The molecular formula is C13H23N3O2S. The molecule has 0 amide bonds. The lowest BCUT2D eigenvalue weighted by Crippen LogP contribution is -2.34. The molecule has 1 saturated heterocycles. The zero-order chi connectivity index (χ0) is 13.9. The van der Waals surface area contributed by atoms with Gasteiger partial charge in [-0.3, -0.25) is 9.58 Å². The van der Waals surface area contributed by atoms with Gasteiger partial charge in [0.25, 0.3) is 0 Å². The SMILES string of the molecule is Cc1cnn(C[C@H]2CCCN2CCCS(C)(=O)=O)c1. The summed E-state index contributed by atoms with van der Waals surface area (Å²) < 4.78 is 24.3. The Morgan fingerprint density at radius 3 is 2.89 bits per heavy atom. The van der Waals surface area contributed by atoms with E-state index < -0.39 is 9.84 Å². The fraction of sp³-hybridized carbons (Fsp3) is 0.769. The number of aryl methyl sites for hydroxylation is 1. The van der Waals surface area contributed by atoms with Crippen LogP contribution in [0.3, 0.4) is 0 Å². The van der Waals surface area contributed by atoms with Crippen LogP contribution in [0.4, 0.5) is 0 Å². The van der Waals surface area contributed by atoms with E-state index in [9.17, 15) is 8.42 Å². The number of sulfone groups is 1. The van der Waals surface area contributed by atoms with Gasteiger partial charge in [0.2, 0.25) is 0 Å². The van der Waals surface area contributed by atoms with Gasteiger partial charge in [0.05, 0.1) is 18.5 Å². The molecule has 2 heterocycles. The van der Waals surface area contributed by atoms with Crippen LogP contribution < -0.4 is 0 Å². The van der Waals surface area contributed by atoms with Gasteiger partial charge < -0.3 is 0 Å². The summed E-state index contributed by atoms with van der Waals surface area (Å²) in [5.41, 5.74) is 1.18. The molecule has 19 heavy (non-hydrogen) atoms. The van der Waals surface area contributed by atoms with Crippen LogP contribution in [0.15, 0.2) is 12.4 Å². The van der Waals surface area contributed by atoms with Gasteiger partial charge in [-0.05, 0) is 44.8 Å². The average molecular weight is 285 g/mol. The van der Waals surface area contributed by atoms with Gasteiger partial charge in [0, 0.05) is 18.5 Å². The molecule has 108 valence electrons. The molecule has 6 heteroatoms. The Labute approximate surface area is 115 Å². The highest BCUT2D eigenvalue weighted by molar-refractivity contribution is 7.90. The van der Waals surface area contributed by atoms with E-state index in [1.807, 2.05) is 17.8 Å². The Morgan fingerprint density at radius 1 is 1.47 bits per heavy atom. The van der Waals surface area contributed by atoms with Crippen LogP contribution in [0.2, 0.25) is 0 Å². The maximum atomic E-state index is 11.1. The Balaban J connectivity index is 1.83. The van der Waals surface area contributed by atoms with E-state index in [2.05, 4.69) is 16.2 Å². The second kappa shape index (κ2) is 6.05. The Kier molecular flexibility index (Phi) is 4.62. The number of hydrogen-bond acceptors (Lipinski definition) is 4. The number of hydrogen-bond donors (Lipinski definition) is 0. The zero-order valence-corrected chi connectivity index (χ0v) is 12.6. The van der Waals surface area contributed by atoms with Crippen molar-refractivity contribution in [3.63, 3.8) is 0 Å². The summed E-state index contributed by atoms with van der Waals surface area (Å²) in [5.74, 6) is 0.289. The van der Waals surface area contributed by atoms with E-state index in [1.54, 1.807) is 0 Å². The van der Waals surface area contributed by atoms with Crippen LogP contribution in [0.5, 0.6) is 0 Å². The van der Waals surface area contributed by atoms with Crippen molar-refractivity contribution in [3.8, 4) is 0 Å². The number of rotatable bonds is 6. The molecule has 0 radical (unpaired) electrons. The monoisotopic (exact) mass is 285 g/mol. The predicted octanol–water partition coefficient (Wildman–Crippen LogP) is 1.09. The third-order valence-corrected chi connectivity index (χ3v) is 4.65. The van der Waals surface area contributed by atoms with Gasteiger partial charge in [-0.1, -0.05) is 0 Å². The topological polar surface area (TPSA) is 55.2 Å². The summed E-state index contributed by atoms with van der Waals surface area (Å²) in [4.78, 5) is 2.40. The van der Waals surface area contributed by atoms with Gasteiger partial charge in [0.15, 0.2) is 0 Å². The third-order valence-electron chi connectivity index (χ3n) is 3.62. The first-order chi connectivity index (χ1) is 8.94. The van der Waals surface area contributed by atoms with Crippen LogP contribution in [0.1, 0.15) is 24.8 Å². The Morgan fingerprint density at radius 2 is 2.26 bits per heavy atom. The highest BCUT2D eigenvalue weighted by Gasteiger charge is 2.24.